The van der Waals surface area contributed by atoms with Crippen LogP contribution in [0, 0.1) is 11.8 Å². The first-order valence-corrected chi connectivity index (χ1v) is 15.7. The van der Waals surface area contributed by atoms with Crippen LogP contribution in [0.1, 0.15) is 31.7 Å². The summed E-state index contributed by atoms with van der Waals surface area (Å²) in [6.45, 7) is 2.05. The number of benzene rings is 2. The zero-order valence-corrected chi connectivity index (χ0v) is 23.6. The summed E-state index contributed by atoms with van der Waals surface area (Å²) in [6, 6.07) is 13.9. The van der Waals surface area contributed by atoms with Crippen LogP contribution in [0.2, 0.25) is 0 Å². The molecule has 5 rings (SSSR count). The number of amides is 1. The number of ether oxygens (including phenoxy) is 1. The van der Waals surface area contributed by atoms with Crippen molar-refractivity contribution in [1.29, 1.82) is 0 Å². The summed E-state index contributed by atoms with van der Waals surface area (Å²) in [5.74, 6) is -0.539. The molecule has 2 aliphatic carbocycles. The molecule has 1 fully saturated rings. The SMILES string of the molecule is CC1C=c2scnc2=CC1Oc1ccc(S(=O)(=O)NC(Cc2ccccc2)C(=O)NC(CC2CC2)B(O)O)cc1. The molecule has 0 aliphatic heterocycles. The number of carbonyl (C=O) groups excluding carboxylic acids is 1. The van der Waals surface area contributed by atoms with Crippen LogP contribution in [0.15, 0.2) is 65.0 Å². The molecule has 0 saturated heterocycles. The lowest BCUT2D eigenvalue weighted by molar-refractivity contribution is -0.123. The van der Waals surface area contributed by atoms with Crippen LogP contribution in [0.4, 0.5) is 0 Å². The van der Waals surface area contributed by atoms with Crippen LogP contribution in [-0.4, -0.2) is 54.6 Å². The van der Waals surface area contributed by atoms with Crippen molar-refractivity contribution < 1.29 is 28.0 Å². The van der Waals surface area contributed by atoms with Crippen LogP contribution < -0.4 is 24.7 Å². The number of aromatic nitrogens is 1. The van der Waals surface area contributed by atoms with Crippen molar-refractivity contribution in [3.05, 3.63) is 75.6 Å². The second-order valence-electron chi connectivity index (χ2n) is 10.4. The maximum Gasteiger partial charge on any atom is 0.475 e. The maximum absolute atomic E-state index is 13.4. The van der Waals surface area contributed by atoms with Crippen molar-refractivity contribution >= 4 is 46.5 Å². The minimum Gasteiger partial charge on any atom is -0.486 e. The Kier molecular flexibility index (Phi) is 8.72. The van der Waals surface area contributed by atoms with Gasteiger partial charge >= 0.3 is 7.12 Å². The van der Waals surface area contributed by atoms with E-state index in [9.17, 15) is 23.3 Å². The molecule has 40 heavy (non-hydrogen) atoms. The number of fused-ring (bicyclic) bond motifs is 1. The van der Waals surface area contributed by atoms with Gasteiger partial charge in [0.15, 0.2) is 0 Å². The molecular weight excluding hydrogens is 549 g/mol. The number of hydrogen-bond donors (Lipinski definition) is 4. The van der Waals surface area contributed by atoms with Crippen molar-refractivity contribution in [2.45, 2.75) is 55.6 Å². The Morgan fingerprint density at radius 3 is 2.52 bits per heavy atom. The van der Waals surface area contributed by atoms with Crippen LogP contribution >= 0.6 is 11.3 Å². The number of nitrogens with zero attached hydrogens (tertiary/aromatic N) is 1. The van der Waals surface area contributed by atoms with Gasteiger partial charge in [0.2, 0.25) is 15.9 Å². The maximum atomic E-state index is 13.4. The molecule has 12 heteroatoms. The Hall–Kier alpha value is -3.03. The van der Waals surface area contributed by atoms with Gasteiger partial charge < -0.3 is 20.1 Å². The molecule has 210 valence electrons. The summed E-state index contributed by atoms with van der Waals surface area (Å²) in [5, 5.41) is 23.1. The van der Waals surface area contributed by atoms with Crippen LogP contribution in [-0.2, 0) is 21.2 Å². The van der Waals surface area contributed by atoms with Gasteiger partial charge in [0, 0.05) is 5.92 Å². The van der Waals surface area contributed by atoms with Gasteiger partial charge in [-0.1, -0.05) is 56.2 Å². The Morgan fingerprint density at radius 2 is 1.85 bits per heavy atom. The highest BCUT2D eigenvalue weighted by Gasteiger charge is 2.35. The van der Waals surface area contributed by atoms with Crippen LogP contribution in [0.3, 0.4) is 0 Å². The third-order valence-electron chi connectivity index (χ3n) is 7.15. The summed E-state index contributed by atoms with van der Waals surface area (Å²) < 4.78 is 36.5. The molecule has 1 heterocycles. The summed E-state index contributed by atoms with van der Waals surface area (Å²) >= 11 is 1.58. The van der Waals surface area contributed by atoms with E-state index < -0.39 is 35.0 Å². The Balaban J connectivity index is 1.30. The molecule has 4 N–H and O–H groups in total. The second kappa shape index (κ2) is 12.2. The number of sulfonamides is 1. The van der Waals surface area contributed by atoms with Gasteiger partial charge in [-0.25, -0.2) is 13.4 Å². The fourth-order valence-corrected chi connectivity index (χ4v) is 6.70. The summed E-state index contributed by atoms with van der Waals surface area (Å²) in [5.41, 5.74) is 2.56. The molecule has 2 aliphatic rings. The summed E-state index contributed by atoms with van der Waals surface area (Å²) in [4.78, 5) is 17.6. The predicted molar refractivity (Wildman–Crippen MR) is 154 cm³/mol. The molecule has 3 aromatic rings. The fraction of sp³-hybridized carbons (Fsp3) is 0.357. The van der Waals surface area contributed by atoms with Gasteiger partial charge in [-0.15, -0.1) is 11.3 Å². The van der Waals surface area contributed by atoms with Gasteiger partial charge in [-0.2, -0.15) is 4.72 Å². The standard InChI is InChI=1S/C28H32BN3O6S2/c1-18-13-26-23(30-17-39-26)16-25(18)38-21-9-11-22(12-10-21)40(36,37)32-24(14-19-5-3-2-4-6-19)28(33)31-27(29(34)35)15-20-7-8-20/h2-6,9-13,16-18,20,24-25,27,32,34-35H,7-8,14-15H2,1H3,(H,31,33). The van der Waals surface area contributed by atoms with E-state index in [1.165, 1.54) is 12.1 Å². The molecule has 0 radical (unpaired) electrons. The summed E-state index contributed by atoms with van der Waals surface area (Å²) in [6.07, 6.45) is 6.31. The van der Waals surface area contributed by atoms with E-state index in [0.29, 0.717) is 18.1 Å². The third-order valence-corrected chi connectivity index (χ3v) is 9.45. The number of carbonyl (C=O) groups is 1. The monoisotopic (exact) mass is 581 g/mol. The Labute approximate surface area is 237 Å². The van der Waals surface area contributed by atoms with E-state index in [4.69, 9.17) is 4.74 Å². The largest absolute Gasteiger partial charge is 0.486 e. The van der Waals surface area contributed by atoms with E-state index in [2.05, 4.69) is 28.0 Å². The molecular formula is C28H32BN3O6S2. The number of nitrogens with one attached hydrogen (secondary N) is 2. The van der Waals surface area contributed by atoms with E-state index >= 15 is 0 Å². The first-order valence-electron chi connectivity index (χ1n) is 13.3. The van der Waals surface area contributed by atoms with Crippen LogP contribution in [0.25, 0.3) is 12.2 Å². The van der Waals surface area contributed by atoms with Gasteiger partial charge in [-0.05, 0) is 54.7 Å². The highest BCUT2D eigenvalue weighted by Crippen LogP contribution is 2.33. The lowest BCUT2D eigenvalue weighted by Crippen LogP contribution is -2.54. The smallest absolute Gasteiger partial charge is 0.475 e. The topological polar surface area (TPSA) is 138 Å². The quantitative estimate of drug-likeness (QED) is 0.234. The average Bonchev–Trinajstić information content (AvgIpc) is 3.64. The minimum atomic E-state index is -4.10. The van der Waals surface area contributed by atoms with Crippen molar-refractivity contribution in [2.24, 2.45) is 11.8 Å². The van der Waals surface area contributed by atoms with Crippen molar-refractivity contribution in [3.8, 4) is 5.75 Å². The first-order chi connectivity index (χ1) is 19.2. The van der Waals surface area contributed by atoms with Crippen molar-refractivity contribution in [1.82, 2.24) is 15.0 Å². The second-order valence-corrected chi connectivity index (χ2v) is 13.0. The van der Waals surface area contributed by atoms with E-state index in [1.54, 1.807) is 41.1 Å². The third kappa shape index (κ3) is 7.18. The minimum absolute atomic E-state index is 0.0172. The van der Waals surface area contributed by atoms with Gasteiger partial charge in [-0.3, -0.25) is 4.79 Å². The van der Waals surface area contributed by atoms with Crippen LogP contribution in [0.5, 0.6) is 5.75 Å². The van der Waals surface area contributed by atoms with Crippen molar-refractivity contribution in [2.75, 3.05) is 0 Å². The highest BCUT2D eigenvalue weighted by molar-refractivity contribution is 7.89. The molecule has 4 unspecified atom stereocenters. The van der Waals surface area contributed by atoms with E-state index in [1.807, 2.05) is 24.3 Å². The van der Waals surface area contributed by atoms with E-state index in [-0.39, 0.29) is 23.3 Å². The molecule has 9 nitrogen and oxygen atoms in total. The van der Waals surface area contributed by atoms with Gasteiger partial charge in [0.05, 0.1) is 26.2 Å². The number of rotatable bonds is 12. The Bertz CT molecular complexity index is 1540. The summed E-state index contributed by atoms with van der Waals surface area (Å²) in [7, 11) is -5.84. The molecule has 1 aromatic heterocycles. The average molecular weight is 582 g/mol. The molecule has 1 saturated carbocycles. The molecule has 2 aromatic carbocycles. The molecule has 1 amide bonds. The van der Waals surface area contributed by atoms with Gasteiger partial charge in [0.25, 0.3) is 0 Å². The molecule has 4 atom stereocenters. The Morgan fingerprint density at radius 1 is 1.12 bits per heavy atom. The fourth-order valence-electron chi connectivity index (χ4n) is 4.69. The zero-order chi connectivity index (χ0) is 28.3. The first kappa shape index (κ1) is 28.5. The lowest BCUT2D eigenvalue weighted by Gasteiger charge is -2.23. The lowest BCUT2D eigenvalue weighted by atomic mass is 9.76. The van der Waals surface area contributed by atoms with Crippen molar-refractivity contribution in [3.63, 3.8) is 0 Å². The normalized spacial score (nSPS) is 19.9. The highest BCUT2D eigenvalue weighted by atomic mass is 32.2. The van der Waals surface area contributed by atoms with E-state index in [0.717, 1.165) is 28.3 Å². The zero-order valence-electron chi connectivity index (χ0n) is 22.0. The number of thiazole rings is 1. The number of hydrogen-bond acceptors (Lipinski definition) is 8. The van der Waals surface area contributed by atoms with Gasteiger partial charge in [0.1, 0.15) is 17.9 Å². The molecule has 0 spiro atoms. The molecule has 0 bridgehead atoms. The predicted octanol–water partition coefficient (Wildman–Crippen LogP) is 0.988.